The second-order valence-electron chi connectivity index (χ2n) is 4.12. The summed E-state index contributed by atoms with van der Waals surface area (Å²) in [4.78, 5) is 16.2. The summed E-state index contributed by atoms with van der Waals surface area (Å²) in [5, 5.41) is 12.5. The molecular weight excluding hydrogens is 242 g/mol. The molecule has 0 fully saturated rings. The molecule has 0 saturated heterocycles. The van der Waals surface area contributed by atoms with Gasteiger partial charge in [-0.3, -0.25) is 9.89 Å². The smallest absolute Gasteiger partial charge is 0.270 e. The topological polar surface area (TPSA) is 82.7 Å². The van der Waals surface area contributed by atoms with Crippen LogP contribution in [0.25, 0.3) is 0 Å². The molecule has 0 radical (unpaired) electrons. The van der Waals surface area contributed by atoms with Gasteiger partial charge >= 0.3 is 0 Å². The highest BCUT2D eigenvalue weighted by atomic mass is 16.1. The zero-order valence-corrected chi connectivity index (χ0v) is 10.8. The maximum absolute atomic E-state index is 11.9. The van der Waals surface area contributed by atoms with Crippen LogP contribution >= 0.6 is 0 Å². The van der Waals surface area contributed by atoms with E-state index in [0.29, 0.717) is 12.2 Å². The molecule has 19 heavy (non-hydrogen) atoms. The molecule has 0 saturated carbocycles. The average molecular weight is 259 g/mol. The molecule has 100 valence electrons. The van der Waals surface area contributed by atoms with Crippen LogP contribution < -0.4 is 10.6 Å². The first kappa shape index (κ1) is 13.1. The number of amides is 1. The Balaban J connectivity index is 1.94. The number of nitrogens with one attached hydrogen (secondary N) is 3. The number of anilines is 1. The molecule has 3 N–H and O–H groups in total. The van der Waals surface area contributed by atoms with Crippen molar-refractivity contribution in [3.63, 3.8) is 0 Å². The van der Waals surface area contributed by atoms with Gasteiger partial charge < -0.3 is 10.6 Å². The minimum absolute atomic E-state index is 0.193. The molecule has 0 unspecified atom stereocenters. The van der Waals surface area contributed by atoms with Crippen molar-refractivity contribution in [2.24, 2.45) is 0 Å². The van der Waals surface area contributed by atoms with Gasteiger partial charge in [0.15, 0.2) is 0 Å². The lowest BCUT2D eigenvalue weighted by Gasteiger charge is -2.06. The summed E-state index contributed by atoms with van der Waals surface area (Å²) < 4.78 is 0. The monoisotopic (exact) mass is 259 g/mol. The highest BCUT2D eigenvalue weighted by Crippen LogP contribution is 2.05. The average Bonchev–Trinajstić information content (AvgIpc) is 2.96. The molecule has 6 nitrogen and oxygen atoms in total. The minimum atomic E-state index is -0.193. The van der Waals surface area contributed by atoms with Gasteiger partial charge in [0.05, 0.1) is 6.20 Å². The summed E-state index contributed by atoms with van der Waals surface area (Å²) in [6, 6.07) is 5.36. The fourth-order valence-corrected chi connectivity index (χ4v) is 1.56. The van der Waals surface area contributed by atoms with Crippen molar-refractivity contribution >= 4 is 11.7 Å². The Morgan fingerprint density at radius 1 is 1.42 bits per heavy atom. The van der Waals surface area contributed by atoms with Crippen LogP contribution in [0.15, 0.2) is 30.6 Å². The molecule has 2 rings (SSSR count). The van der Waals surface area contributed by atoms with Gasteiger partial charge in [-0.15, -0.1) is 0 Å². The quantitative estimate of drug-likeness (QED) is 0.735. The highest BCUT2D eigenvalue weighted by Gasteiger charge is 2.07. The van der Waals surface area contributed by atoms with Crippen LogP contribution in [0.2, 0.25) is 0 Å². The predicted octanol–water partition coefficient (Wildman–Crippen LogP) is 1.56. The van der Waals surface area contributed by atoms with Crippen molar-refractivity contribution in [2.75, 3.05) is 11.9 Å². The number of nitrogens with zero attached hydrogens (tertiary/aromatic N) is 2. The van der Waals surface area contributed by atoms with Gasteiger partial charge in [-0.05, 0) is 18.6 Å². The third kappa shape index (κ3) is 3.80. The minimum Gasteiger partial charge on any atom is -0.370 e. The number of H-pyrrole nitrogens is 1. The molecule has 0 aliphatic carbocycles. The number of hydrogen-bond acceptors (Lipinski definition) is 4. The molecule has 6 heteroatoms. The summed E-state index contributed by atoms with van der Waals surface area (Å²) in [5.74, 6) is 0.527. The van der Waals surface area contributed by atoms with Crippen LogP contribution in [0.4, 0.5) is 5.82 Å². The van der Waals surface area contributed by atoms with E-state index in [9.17, 15) is 4.79 Å². The Labute approximate surface area is 111 Å². The lowest BCUT2D eigenvalue weighted by molar-refractivity contribution is 0.0946. The molecule has 0 atom stereocenters. The van der Waals surface area contributed by atoms with E-state index in [2.05, 4.69) is 32.7 Å². The molecular formula is C13H17N5O. The lowest BCUT2D eigenvalue weighted by Crippen LogP contribution is -2.23. The molecule has 2 aromatic rings. The van der Waals surface area contributed by atoms with E-state index < -0.39 is 0 Å². The zero-order chi connectivity index (χ0) is 13.5. The van der Waals surface area contributed by atoms with Crippen LogP contribution in [-0.2, 0) is 6.54 Å². The number of aromatic amines is 1. The third-order valence-electron chi connectivity index (χ3n) is 2.55. The van der Waals surface area contributed by atoms with E-state index in [1.54, 1.807) is 18.5 Å². The predicted molar refractivity (Wildman–Crippen MR) is 72.8 cm³/mol. The van der Waals surface area contributed by atoms with Crippen LogP contribution in [-0.4, -0.2) is 27.6 Å². The van der Waals surface area contributed by atoms with E-state index in [1.165, 1.54) is 0 Å². The Bertz CT molecular complexity index is 524. The van der Waals surface area contributed by atoms with Gasteiger partial charge in [0.2, 0.25) is 0 Å². The van der Waals surface area contributed by atoms with Crippen molar-refractivity contribution in [2.45, 2.75) is 19.9 Å². The molecule has 0 aromatic carbocycles. The van der Waals surface area contributed by atoms with E-state index in [0.717, 1.165) is 24.3 Å². The maximum atomic E-state index is 11.9. The first-order valence-corrected chi connectivity index (χ1v) is 6.26. The van der Waals surface area contributed by atoms with Gasteiger partial charge in [-0.25, -0.2) is 4.98 Å². The second-order valence-corrected chi connectivity index (χ2v) is 4.12. The van der Waals surface area contributed by atoms with Gasteiger partial charge in [0.1, 0.15) is 11.5 Å². The first-order valence-electron chi connectivity index (χ1n) is 6.26. The van der Waals surface area contributed by atoms with Crippen molar-refractivity contribution in [1.29, 1.82) is 0 Å². The van der Waals surface area contributed by atoms with E-state index in [4.69, 9.17) is 0 Å². The van der Waals surface area contributed by atoms with E-state index >= 15 is 0 Å². The molecule has 0 aliphatic heterocycles. The van der Waals surface area contributed by atoms with Gasteiger partial charge in [0, 0.05) is 24.8 Å². The summed E-state index contributed by atoms with van der Waals surface area (Å²) in [6.07, 6.45) is 4.43. The molecule has 0 bridgehead atoms. The normalized spacial score (nSPS) is 10.2. The highest BCUT2D eigenvalue weighted by molar-refractivity contribution is 5.92. The number of rotatable bonds is 6. The molecule has 2 heterocycles. The summed E-state index contributed by atoms with van der Waals surface area (Å²) >= 11 is 0. The molecule has 1 amide bonds. The van der Waals surface area contributed by atoms with E-state index in [-0.39, 0.29) is 5.91 Å². The van der Waals surface area contributed by atoms with Crippen LogP contribution in [0.5, 0.6) is 0 Å². The Morgan fingerprint density at radius 2 is 2.32 bits per heavy atom. The van der Waals surface area contributed by atoms with Gasteiger partial charge in [-0.2, -0.15) is 5.10 Å². The SMILES string of the molecule is CCCNc1cccc(C(=O)NCc2cn[nH]c2)n1. The summed E-state index contributed by atoms with van der Waals surface area (Å²) in [5.41, 5.74) is 1.33. The largest absolute Gasteiger partial charge is 0.370 e. The Kier molecular flexibility index (Phi) is 4.49. The number of hydrogen-bond donors (Lipinski definition) is 3. The standard InChI is InChI=1S/C13H17N5O/c1-2-6-14-12-5-3-4-11(18-12)13(19)15-7-10-8-16-17-9-10/h3-5,8-9H,2,6-7H2,1H3,(H,14,18)(H,15,19)(H,16,17). The number of pyridine rings is 1. The van der Waals surface area contributed by atoms with Gasteiger partial charge in [0.25, 0.3) is 5.91 Å². The van der Waals surface area contributed by atoms with Crippen molar-refractivity contribution < 1.29 is 4.79 Å². The van der Waals surface area contributed by atoms with Crippen LogP contribution in [0.1, 0.15) is 29.4 Å². The molecule has 2 aromatic heterocycles. The lowest BCUT2D eigenvalue weighted by atomic mass is 10.3. The molecule has 0 aliphatic rings. The molecule has 0 spiro atoms. The van der Waals surface area contributed by atoms with Crippen LogP contribution in [0.3, 0.4) is 0 Å². The Hall–Kier alpha value is -2.37. The Morgan fingerprint density at radius 3 is 3.05 bits per heavy atom. The summed E-state index contributed by atoms with van der Waals surface area (Å²) in [7, 11) is 0. The van der Waals surface area contributed by atoms with Crippen LogP contribution in [0, 0.1) is 0 Å². The second kappa shape index (κ2) is 6.53. The summed E-state index contributed by atoms with van der Waals surface area (Å²) in [6.45, 7) is 3.35. The number of aromatic nitrogens is 3. The number of carbonyl (C=O) groups excluding carboxylic acids is 1. The third-order valence-corrected chi connectivity index (χ3v) is 2.55. The van der Waals surface area contributed by atoms with Gasteiger partial charge in [-0.1, -0.05) is 13.0 Å². The first-order chi connectivity index (χ1) is 9.29. The zero-order valence-electron chi connectivity index (χ0n) is 10.8. The number of carbonyl (C=O) groups is 1. The van der Waals surface area contributed by atoms with Crippen molar-refractivity contribution in [3.05, 3.63) is 41.9 Å². The fraction of sp³-hybridized carbons (Fsp3) is 0.308. The van der Waals surface area contributed by atoms with Crippen molar-refractivity contribution in [3.8, 4) is 0 Å². The van der Waals surface area contributed by atoms with Crippen molar-refractivity contribution in [1.82, 2.24) is 20.5 Å². The fourth-order valence-electron chi connectivity index (χ4n) is 1.56. The van der Waals surface area contributed by atoms with E-state index in [1.807, 2.05) is 12.1 Å². The maximum Gasteiger partial charge on any atom is 0.270 e.